The Hall–Kier alpha value is -1.67. The van der Waals surface area contributed by atoms with Crippen LogP contribution in [-0.4, -0.2) is 49.4 Å². The molecule has 1 amide bonds. The van der Waals surface area contributed by atoms with Crippen LogP contribution in [0.2, 0.25) is 0 Å². The minimum Gasteiger partial charge on any atom is -0.470 e. The van der Waals surface area contributed by atoms with E-state index in [4.69, 9.17) is 4.74 Å². The van der Waals surface area contributed by atoms with Gasteiger partial charge in [0.25, 0.3) is 0 Å². The molecule has 0 spiro atoms. The molecule has 8 heteroatoms. The average Bonchev–Trinajstić information content (AvgIpc) is 2.68. The maximum absolute atomic E-state index is 12.2. The number of rotatable bonds is 0. The molecular formula is C11H13N3O4S. The smallest absolute Gasteiger partial charge is 0.246 e. The largest absolute Gasteiger partial charge is 0.470 e. The second-order valence-electron chi connectivity index (χ2n) is 4.61. The van der Waals surface area contributed by atoms with E-state index in [1.807, 2.05) is 0 Å². The quantitative estimate of drug-likeness (QED) is 0.683. The molecule has 1 aromatic heterocycles. The van der Waals surface area contributed by atoms with Crippen LogP contribution >= 0.6 is 0 Å². The van der Waals surface area contributed by atoms with Crippen LogP contribution < -0.4 is 9.46 Å². The van der Waals surface area contributed by atoms with Crippen LogP contribution in [-0.2, 0) is 14.8 Å². The maximum atomic E-state index is 12.2. The van der Waals surface area contributed by atoms with Gasteiger partial charge in [-0.15, -0.1) is 0 Å². The number of fused-ring (bicyclic) bond motifs is 2. The van der Waals surface area contributed by atoms with Gasteiger partial charge >= 0.3 is 0 Å². The summed E-state index contributed by atoms with van der Waals surface area (Å²) in [5.74, 6) is -0.00924. The van der Waals surface area contributed by atoms with E-state index in [0.717, 1.165) is 0 Å². The summed E-state index contributed by atoms with van der Waals surface area (Å²) in [6.07, 6.45) is 1.07. The molecule has 0 unspecified atom stereocenters. The highest BCUT2D eigenvalue weighted by Gasteiger charge is 2.42. The van der Waals surface area contributed by atoms with Gasteiger partial charge in [0.15, 0.2) is 0 Å². The van der Waals surface area contributed by atoms with Crippen molar-refractivity contribution in [3.8, 4) is 5.88 Å². The van der Waals surface area contributed by atoms with Gasteiger partial charge in [-0.25, -0.2) is 18.1 Å². The van der Waals surface area contributed by atoms with E-state index >= 15 is 0 Å². The summed E-state index contributed by atoms with van der Waals surface area (Å²) in [7, 11) is -3.66. The third-order valence-corrected chi connectivity index (χ3v) is 4.81. The van der Waals surface area contributed by atoms with Gasteiger partial charge in [0, 0.05) is 19.7 Å². The highest BCUT2D eigenvalue weighted by Crippen LogP contribution is 2.28. The first-order chi connectivity index (χ1) is 8.97. The van der Waals surface area contributed by atoms with E-state index in [1.165, 1.54) is 19.2 Å². The second-order valence-corrected chi connectivity index (χ2v) is 6.30. The number of pyridine rings is 1. The Bertz CT molecular complexity index is 631. The molecule has 1 aromatic rings. The predicted molar refractivity (Wildman–Crippen MR) is 65.0 cm³/mol. The minimum absolute atomic E-state index is 0.0405. The summed E-state index contributed by atoms with van der Waals surface area (Å²) in [5.41, 5.74) is 0. The topological polar surface area (TPSA) is 88.6 Å². The molecule has 0 saturated carbocycles. The zero-order valence-electron chi connectivity index (χ0n) is 10.2. The van der Waals surface area contributed by atoms with Crippen LogP contribution in [0.5, 0.6) is 5.88 Å². The third kappa shape index (κ3) is 2.06. The van der Waals surface area contributed by atoms with E-state index in [-0.39, 0.29) is 16.7 Å². The van der Waals surface area contributed by atoms with E-state index in [1.54, 1.807) is 11.0 Å². The Labute approximate surface area is 110 Å². The molecule has 0 radical (unpaired) electrons. The maximum Gasteiger partial charge on any atom is 0.246 e. The number of likely N-dealkylation sites (tertiary alicyclic amines) is 1. The molecule has 0 bridgehead atoms. The van der Waals surface area contributed by atoms with Crippen molar-refractivity contribution >= 4 is 15.9 Å². The number of carbonyl (C=O) groups is 1. The molecule has 2 aliphatic rings. The van der Waals surface area contributed by atoms with Gasteiger partial charge in [0.05, 0.1) is 12.6 Å². The number of sulfonamides is 1. The summed E-state index contributed by atoms with van der Waals surface area (Å²) in [5, 5.41) is 0. The van der Waals surface area contributed by atoms with E-state index in [0.29, 0.717) is 13.1 Å². The lowest BCUT2D eigenvalue weighted by atomic mass is 10.2. The Balaban J connectivity index is 1.99. The van der Waals surface area contributed by atoms with Gasteiger partial charge in [-0.1, -0.05) is 0 Å². The van der Waals surface area contributed by atoms with Crippen molar-refractivity contribution in [3.05, 3.63) is 18.3 Å². The first-order valence-electron chi connectivity index (χ1n) is 5.87. The molecule has 1 N–H and O–H groups in total. The van der Waals surface area contributed by atoms with E-state index < -0.39 is 22.2 Å². The van der Waals surface area contributed by atoms with Crippen molar-refractivity contribution in [2.24, 2.45) is 0 Å². The molecule has 102 valence electrons. The van der Waals surface area contributed by atoms with Crippen molar-refractivity contribution in [1.82, 2.24) is 14.6 Å². The fraction of sp³-hybridized carbons (Fsp3) is 0.455. The van der Waals surface area contributed by atoms with Crippen molar-refractivity contribution in [3.63, 3.8) is 0 Å². The van der Waals surface area contributed by atoms with Gasteiger partial charge < -0.3 is 9.64 Å². The molecule has 2 aliphatic heterocycles. The third-order valence-electron chi connectivity index (χ3n) is 3.31. The molecule has 0 aromatic carbocycles. The summed E-state index contributed by atoms with van der Waals surface area (Å²) in [4.78, 5) is 16.9. The summed E-state index contributed by atoms with van der Waals surface area (Å²) in [6.45, 7) is 2.12. The first kappa shape index (κ1) is 12.4. The van der Waals surface area contributed by atoms with Gasteiger partial charge in [-0.05, 0) is 12.1 Å². The molecule has 3 heterocycles. The highest BCUT2D eigenvalue weighted by molar-refractivity contribution is 7.89. The zero-order chi connectivity index (χ0) is 13.6. The molecular weight excluding hydrogens is 270 g/mol. The molecule has 2 atom stereocenters. The normalized spacial score (nSPS) is 27.9. The van der Waals surface area contributed by atoms with Crippen LogP contribution in [0.1, 0.15) is 6.92 Å². The molecule has 1 saturated heterocycles. The van der Waals surface area contributed by atoms with Gasteiger partial charge in [0.1, 0.15) is 11.0 Å². The molecule has 19 heavy (non-hydrogen) atoms. The van der Waals surface area contributed by atoms with Crippen LogP contribution in [0.25, 0.3) is 0 Å². The summed E-state index contributed by atoms with van der Waals surface area (Å²) < 4.78 is 32.6. The summed E-state index contributed by atoms with van der Waals surface area (Å²) >= 11 is 0. The summed E-state index contributed by atoms with van der Waals surface area (Å²) in [6, 6.07) is 2.56. The zero-order valence-corrected chi connectivity index (χ0v) is 11.1. The van der Waals surface area contributed by atoms with Crippen molar-refractivity contribution in [1.29, 1.82) is 0 Å². The van der Waals surface area contributed by atoms with Crippen molar-refractivity contribution in [2.45, 2.75) is 24.0 Å². The number of nitrogens with one attached hydrogen (secondary N) is 1. The Morgan fingerprint density at radius 2 is 2.32 bits per heavy atom. The first-order valence-corrected chi connectivity index (χ1v) is 7.35. The SMILES string of the molecule is CC(=O)N1C[C@@H]2Oc3ncccc3S(=O)(=O)N[C@@H]2C1. The molecule has 3 rings (SSSR count). The molecule has 0 aliphatic carbocycles. The number of nitrogens with zero attached hydrogens (tertiary/aromatic N) is 2. The average molecular weight is 283 g/mol. The van der Waals surface area contributed by atoms with Gasteiger partial charge in [-0.2, -0.15) is 0 Å². The van der Waals surface area contributed by atoms with Crippen LogP contribution in [0.3, 0.4) is 0 Å². The minimum atomic E-state index is -3.66. The number of hydrogen-bond donors (Lipinski definition) is 1. The second kappa shape index (κ2) is 4.17. The number of hydrogen-bond acceptors (Lipinski definition) is 5. The lowest BCUT2D eigenvalue weighted by molar-refractivity contribution is -0.128. The molecule has 1 fully saturated rings. The number of carbonyl (C=O) groups excluding carboxylic acids is 1. The van der Waals surface area contributed by atoms with Crippen LogP contribution in [0.15, 0.2) is 23.2 Å². The molecule has 7 nitrogen and oxygen atoms in total. The van der Waals surface area contributed by atoms with Crippen molar-refractivity contribution in [2.75, 3.05) is 13.1 Å². The fourth-order valence-corrected chi connectivity index (χ4v) is 3.68. The predicted octanol–water partition coefficient (Wildman–Crippen LogP) is -0.648. The van der Waals surface area contributed by atoms with Crippen molar-refractivity contribution < 1.29 is 17.9 Å². The van der Waals surface area contributed by atoms with E-state index in [2.05, 4.69) is 9.71 Å². The lowest BCUT2D eigenvalue weighted by Crippen LogP contribution is -2.42. The van der Waals surface area contributed by atoms with Gasteiger partial charge in [-0.3, -0.25) is 4.79 Å². The lowest BCUT2D eigenvalue weighted by Gasteiger charge is -2.14. The van der Waals surface area contributed by atoms with Crippen LogP contribution in [0.4, 0.5) is 0 Å². The fourth-order valence-electron chi connectivity index (χ4n) is 2.34. The Morgan fingerprint density at radius 1 is 1.53 bits per heavy atom. The van der Waals surface area contributed by atoms with E-state index in [9.17, 15) is 13.2 Å². The Morgan fingerprint density at radius 3 is 3.05 bits per heavy atom. The standard InChI is InChI=1S/C11H13N3O4S/c1-7(15)14-5-8-9(6-14)18-11-10(3-2-4-12-11)19(16,17)13-8/h2-4,8-9,13H,5-6H2,1H3/t8-,9+/m1/s1. The monoisotopic (exact) mass is 283 g/mol. The van der Waals surface area contributed by atoms with Gasteiger partial charge in [0.2, 0.25) is 21.8 Å². The highest BCUT2D eigenvalue weighted by atomic mass is 32.2. The number of amides is 1. The van der Waals surface area contributed by atoms with Crippen LogP contribution in [0, 0.1) is 0 Å². The number of ether oxygens (including phenoxy) is 1. The number of aromatic nitrogens is 1. The Kier molecular flexibility index (Phi) is 2.72.